The Balaban J connectivity index is 1.69. The van der Waals surface area contributed by atoms with Crippen LogP contribution in [0, 0.1) is 12.7 Å². The summed E-state index contributed by atoms with van der Waals surface area (Å²) in [6, 6.07) is 14.6. The lowest BCUT2D eigenvalue weighted by Gasteiger charge is -2.25. The topological polar surface area (TPSA) is 104 Å². The second-order valence-corrected chi connectivity index (χ2v) is 8.79. The standard InChI is InChI=1S/C28H35FN6O2/c1-4-34(5-2)15-8-16-35(28(37)32-22-12-13-23(29)20(3)17-22)19-21-11-14-26(31-18-21)27(36)33-25-10-7-6-9-24(25)30/h6-7,9-14,17-18H,4-5,8,15-16,19,30H2,1-3H3,(H,32,37)(H,33,36). The molecule has 0 atom stereocenters. The Morgan fingerprint density at radius 3 is 2.41 bits per heavy atom. The molecule has 0 saturated carbocycles. The molecule has 37 heavy (non-hydrogen) atoms. The monoisotopic (exact) mass is 506 g/mol. The number of hydrogen-bond acceptors (Lipinski definition) is 5. The Morgan fingerprint density at radius 2 is 1.76 bits per heavy atom. The number of nitrogens with one attached hydrogen (secondary N) is 2. The number of nitrogen functional groups attached to an aromatic ring is 1. The number of pyridine rings is 1. The van der Waals surface area contributed by atoms with E-state index in [0.717, 1.165) is 31.6 Å². The van der Waals surface area contributed by atoms with E-state index in [2.05, 4.69) is 34.4 Å². The number of para-hydroxylation sites is 2. The van der Waals surface area contributed by atoms with E-state index in [9.17, 15) is 14.0 Å². The average molecular weight is 507 g/mol. The Labute approximate surface area is 217 Å². The zero-order chi connectivity index (χ0) is 26.8. The number of hydrogen-bond donors (Lipinski definition) is 3. The van der Waals surface area contributed by atoms with E-state index in [4.69, 9.17) is 5.73 Å². The molecule has 0 fully saturated rings. The summed E-state index contributed by atoms with van der Waals surface area (Å²) >= 11 is 0. The largest absolute Gasteiger partial charge is 0.397 e. The highest BCUT2D eigenvalue weighted by atomic mass is 19.1. The Bertz CT molecular complexity index is 1200. The van der Waals surface area contributed by atoms with Crippen molar-refractivity contribution in [2.75, 3.05) is 42.5 Å². The van der Waals surface area contributed by atoms with Gasteiger partial charge in [-0.3, -0.25) is 9.78 Å². The van der Waals surface area contributed by atoms with E-state index in [1.807, 2.05) is 0 Å². The molecule has 1 aromatic heterocycles. The number of nitrogens with two attached hydrogens (primary N) is 1. The zero-order valence-corrected chi connectivity index (χ0v) is 21.6. The van der Waals surface area contributed by atoms with Crippen molar-refractivity contribution in [3.63, 3.8) is 0 Å². The summed E-state index contributed by atoms with van der Waals surface area (Å²) in [5.74, 6) is -0.691. The molecule has 0 saturated heterocycles. The second kappa shape index (κ2) is 13.4. The molecular weight excluding hydrogens is 471 g/mol. The fourth-order valence-electron chi connectivity index (χ4n) is 3.87. The summed E-state index contributed by atoms with van der Waals surface area (Å²) < 4.78 is 13.7. The number of urea groups is 1. The summed E-state index contributed by atoms with van der Waals surface area (Å²) in [5.41, 5.74) is 8.90. The molecule has 3 aromatic rings. The van der Waals surface area contributed by atoms with Crippen LogP contribution in [0.5, 0.6) is 0 Å². The molecule has 2 aromatic carbocycles. The molecule has 3 amide bonds. The number of benzene rings is 2. The van der Waals surface area contributed by atoms with Crippen molar-refractivity contribution in [1.29, 1.82) is 0 Å². The summed E-state index contributed by atoms with van der Waals surface area (Å²) in [5, 5.41) is 5.63. The van der Waals surface area contributed by atoms with Gasteiger partial charge in [0.25, 0.3) is 5.91 Å². The third kappa shape index (κ3) is 8.01. The molecule has 0 bridgehead atoms. The highest BCUT2D eigenvalue weighted by Gasteiger charge is 2.16. The average Bonchev–Trinajstić information content (AvgIpc) is 2.89. The molecule has 0 spiro atoms. The van der Waals surface area contributed by atoms with E-state index in [0.29, 0.717) is 35.7 Å². The molecule has 8 nitrogen and oxygen atoms in total. The molecule has 1 heterocycles. The molecule has 3 rings (SSSR count). The number of aryl methyl sites for hydroxylation is 1. The van der Waals surface area contributed by atoms with E-state index >= 15 is 0 Å². The quantitative estimate of drug-likeness (QED) is 0.313. The first-order chi connectivity index (χ1) is 17.8. The lowest BCUT2D eigenvalue weighted by molar-refractivity contribution is 0.102. The predicted molar refractivity (Wildman–Crippen MR) is 146 cm³/mol. The number of anilines is 3. The maximum atomic E-state index is 13.7. The van der Waals surface area contributed by atoms with Crippen LogP contribution in [0.4, 0.5) is 26.2 Å². The maximum Gasteiger partial charge on any atom is 0.322 e. The lowest BCUT2D eigenvalue weighted by Crippen LogP contribution is -2.37. The minimum Gasteiger partial charge on any atom is -0.397 e. The third-order valence-corrected chi connectivity index (χ3v) is 6.13. The van der Waals surface area contributed by atoms with Crippen molar-refractivity contribution >= 4 is 29.0 Å². The molecule has 0 aliphatic carbocycles. The smallest absolute Gasteiger partial charge is 0.322 e. The summed E-state index contributed by atoms with van der Waals surface area (Å²) in [7, 11) is 0. The van der Waals surface area contributed by atoms with Crippen LogP contribution < -0.4 is 16.4 Å². The Morgan fingerprint density at radius 1 is 1.00 bits per heavy atom. The summed E-state index contributed by atoms with van der Waals surface area (Å²) in [6.45, 7) is 9.47. The van der Waals surface area contributed by atoms with Crippen LogP contribution in [-0.2, 0) is 6.54 Å². The van der Waals surface area contributed by atoms with Gasteiger partial charge in [-0.05, 0) is 80.5 Å². The number of carbonyl (C=O) groups excluding carboxylic acids is 2. The van der Waals surface area contributed by atoms with E-state index < -0.39 is 0 Å². The first-order valence-electron chi connectivity index (χ1n) is 12.5. The number of aromatic nitrogens is 1. The van der Waals surface area contributed by atoms with Gasteiger partial charge in [-0.1, -0.05) is 32.0 Å². The SMILES string of the molecule is CCN(CC)CCCN(Cc1ccc(C(=O)Nc2ccccc2N)nc1)C(=O)Nc1ccc(F)c(C)c1. The van der Waals surface area contributed by atoms with Gasteiger partial charge in [-0.2, -0.15) is 0 Å². The van der Waals surface area contributed by atoms with Crippen LogP contribution in [0.1, 0.15) is 41.9 Å². The minimum absolute atomic E-state index is 0.242. The van der Waals surface area contributed by atoms with Crippen molar-refractivity contribution in [2.24, 2.45) is 0 Å². The molecule has 4 N–H and O–H groups in total. The second-order valence-electron chi connectivity index (χ2n) is 8.79. The van der Waals surface area contributed by atoms with Crippen LogP contribution in [0.25, 0.3) is 0 Å². The van der Waals surface area contributed by atoms with Crippen molar-refractivity contribution < 1.29 is 14.0 Å². The van der Waals surface area contributed by atoms with Gasteiger partial charge in [-0.25, -0.2) is 9.18 Å². The van der Waals surface area contributed by atoms with Gasteiger partial charge < -0.3 is 26.2 Å². The van der Waals surface area contributed by atoms with Crippen LogP contribution >= 0.6 is 0 Å². The first-order valence-corrected chi connectivity index (χ1v) is 12.5. The molecular formula is C28H35FN6O2. The van der Waals surface area contributed by atoms with Gasteiger partial charge in [-0.15, -0.1) is 0 Å². The summed E-state index contributed by atoms with van der Waals surface area (Å²) in [4.78, 5) is 34.0. The van der Waals surface area contributed by atoms with Crippen molar-refractivity contribution in [3.8, 4) is 0 Å². The van der Waals surface area contributed by atoms with Gasteiger partial charge in [0.1, 0.15) is 11.5 Å². The Hall–Kier alpha value is -3.98. The van der Waals surface area contributed by atoms with Crippen LogP contribution in [-0.4, -0.2) is 52.9 Å². The highest BCUT2D eigenvalue weighted by Crippen LogP contribution is 2.18. The van der Waals surface area contributed by atoms with Crippen LogP contribution in [0.3, 0.4) is 0 Å². The molecule has 9 heteroatoms. The van der Waals surface area contributed by atoms with Gasteiger partial charge in [0.05, 0.1) is 11.4 Å². The zero-order valence-electron chi connectivity index (χ0n) is 21.6. The molecule has 0 radical (unpaired) electrons. The minimum atomic E-state index is -0.370. The van der Waals surface area contributed by atoms with E-state index in [1.54, 1.807) is 66.6 Å². The molecule has 0 unspecified atom stereocenters. The van der Waals surface area contributed by atoms with E-state index in [-0.39, 0.29) is 23.4 Å². The number of rotatable bonds is 11. The fraction of sp³-hybridized carbons (Fsp3) is 0.321. The van der Waals surface area contributed by atoms with Crippen molar-refractivity contribution in [1.82, 2.24) is 14.8 Å². The van der Waals surface area contributed by atoms with Crippen molar-refractivity contribution in [2.45, 2.75) is 33.7 Å². The summed E-state index contributed by atoms with van der Waals surface area (Å²) in [6.07, 6.45) is 2.39. The highest BCUT2D eigenvalue weighted by molar-refractivity contribution is 6.04. The van der Waals surface area contributed by atoms with Crippen molar-refractivity contribution in [3.05, 3.63) is 83.4 Å². The van der Waals surface area contributed by atoms with E-state index in [1.165, 1.54) is 6.07 Å². The number of amides is 3. The molecule has 196 valence electrons. The van der Waals surface area contributed by atoms with Gasteiger partial charge >= 0.3 is 6.03 Å². The normalized spacial score (nSPS) is 10.8. The Kier molecular flexibility index (Phi) is 9.97. The predicted octanol–water partition coefficient (Wildman–Crippen LogP) is 5.13. The van der Waals surface area contributed by atoms with Gasteiger partial charge in [0.2, 0.25) is 0 Å². The lowest BCUT2D eigenvalue weighted by atomic mass is 10.2. The number of carbonyl (C=O) groups is 2. The van der Waals surface area contributed by atoms with Crippen LogP contribution in [0.2, 0.25) is 0 Å². The van der Waals surface area contributed by atoms with Crippen LogP contribution in [0.15, 0.2) is 60.8 Å². The van der Waals surface area contributed by atoms with Gasteiger partial charge in [0.15, 0.2) is 0 Å². The maximum absolute atomic E-state index is 13.7. The molecule has 0 aliphatic rings. The molecule has 0 aliphatic heterocycles. The first kappa shape index (κ1) is 27.6. The van der Waals surface area contributed by atoms with Gasteiger partial charge in [0, 0.05) is 25.0 Å². The fourth-order valence-corrected chi connectivity index (χ4v) is 3.87. The third-order valence-electron chi connectivity index (χ3n) is 6.13. The number of nitrogens with zero attached hydrogens (tertiary/aromatic N) is 3. The number of halogens is 1.